The van der Waals surface area contributed by atoms with E-state index in [0.29, 0.717) is 4.70 Å². The summed E-state index contributed by atoms with van der Waals surface area (Å²) < 4.78 is 3.09. The maximum Gasteiger partial charge on any atom is 0.285 e. The van der Waals surface area contributed by atoms with E-state index in [2.05, 4.69) is 29.6 Å². The molecular weight excluding hydrogens is 396 g/mol. The van der Waals surface area contributed by atoms with Gasteiger partial charge in [0.2, 0.25) is 5.91 Å². The second-order valence-corrected chi connectivity index (χ2v) is 8.47. The SMILES string of the molecule is CC(C)c1nn(CC(=O)N[C@@H]2CCCNC2)c(=O)c2sc3ccccc3c12.Cl. The fourth-order valence-corrected chi connectivity index (χ4v) is 4.84. The van der Waals surface area contributed by atoms with Crippen LogP contribution in [0.15, 0.2) is 29.1 Å². The summed E-state index contributed by atoms with van der Waals surface area (Å²) in [5.74, 6) is -0.00331. The number of carbonyl (C=O) groups excluding carboxylic acids is 1. The van der Waals surface area contributed by atoms with Crippen molar-refractivity contribution in [3.05, 3.63) is 40.3 Å². The quantitative estimate of drug-likeness (QED) is 0.680. The number of hydrogen-bond acceptors (Lipinski definition) is 5. The van der Waals surface area contributed by atoms with Crippen molar-refractivity contribution in [1.82, 2.24) is 20.4 Å². The molecule has 0 saturated carbocycles. The Morgan fingerprint density at radius 2 is 2.18 bits per heavy atom. The van der Waals surface area contributed by atoms with E-state index in [1.165, 1.54) is 16.0 Å². The van der Waals surface area contributed by atoms with E-state index in [1.807, 2.05) is 24.3 Å². The number of nitrogens with zero attached hydrogens (tertiary/aromatic N) is 2. The van der Waals surface area contributed by atoms with Crippen LogP contribution in [-0.4, -0.2) is 34.8 Å². The average Bonchev–Trinajstić information content (AvgIpc) is 3.04. The van der Waals surface area contributed by atoms with Crippen LogP contribution in [0.3, 0.4) is 0 Å². The smallest absolute Gasteiger partial charge is 0.285 e. The van der Waals surface area contributed by atoms with Gasteiger partial charge in [-0.2, -0.15) is 5.10 Å². The molecule has 1 aliphatic heterocycles. The third-order valence-corrected chi connectivity index (χ3v) is 6.17. The van der Waals surface area contributed by atoms with Gasteiger partial charge in [-0.15, -0.1) is 23.7 Å². The average molecular weight is 421 g/mol. The summed E-state index contributed by atoms with van der Waals surface area (Å²) in [6, 6.07) is 8.14. The minimum absolute atomic E-state index is 0. The molecule has 0 radical (unpaired) electrons. The first-order chi connectivity index (χ1) is 13.0. The number of benzene rings is 1. The molecule has 1 saturated heterocycles. The fraction of sp³-hybridized carbons (Fsp3) is 0.450. The van der Waals surface area contributed by atoms with Crippen molar-refractivity contribution in [3.63, 3.8) is 0 Å². The van der Waals surface area contributed by atoms with Crippen molar-refractivity contribution >= 4 is 49.8 Å². The number of nitrogens with one attached hydrogen (secondary N) is 2. The molecule has 1 atom stereocenters. The summed E-state index contributed by atoms with van der Waals surface area (Å²) in [5, 5.41) is 12.9. The first kappa shape index (κ1) is 20.8. The first-order valence-electron chi connectivity index (χ1n) is 9.47. The van der Waals surface area contributed by atoms with E-state index < -0.39 is 0 Å². The monoisotopic (exact) mass is 420 g/mol. The van der Waals surface area contributed by atoms with Crippen LogP contribution < -0.4 is 16.2 Å². The molecule has 2 N–H and O–H groups in total. The van der Waals surface area contributed by atoms with Crippen molar-refractivity contribution in [2.24, 2.45) is 0 Å². The first-order valence-corrected chi connectivity index (χ1v) is 10.3. The number of rotatable bonds is 4. The van der Waals surface area contributed by atoms with Crippen LogP contribution >= 0.6 is 23.7 Å². The van der Waals surface area contributed by atoms with Gasteiger partial charge in [-0.1, -0.05) is 32.0 Å². The topological polar surface area (TPSA) is 76.0 Å². The molecule has 0 bridgehead atoms. The number of piperidine rings is 1. The number of amides is 1. The highest BCUT2D eigenvalue weighted by atomic mass is 35.5. The van der Waals surface area contributed by atoms with Gasteiger partial charge < -0.3 is 10.6 Å². The van der Waals surface area contributed by atoms with Crippen molar-refractivity contribution in [3.8, 4) is 0 Å². The molecule has 8 heteroatoms. The molecule has 1 aromatic carbocycles. The zero-order chi connectivity index (χ0) is 19.0. The van der Waals surface area contributed by atoms with Crippen molar-refractivity contribution in [1.29, 1.82) is 0 Å². The molecule has 150 valence electrons. The largest absolute Gasteiger partial charge is 0.350 e. The fourth-order valence-electron chi connectivity index (χ4n) is 3.69. The third-order valence-electron chi connectivity index (χ3n) is 5.01. The number of halogens is 1. The van der Waals surface area contributed by atoms with E-state index in [1.54, 1.807) is 0 Å². The Labute approximate surface area is 173 Å². The molecule has 4 rings (SSSR count). The van der Waals surface area contributed by atoms with Gasteiger partial charge in [0, 0.05) is 28.1 Å². The Morgan fingerprint density at radius 1 is 1.39 bits per heavy atom. The van der Waals surface area contributed by atoms with Gasteiger partial charge in [-0.25, -0.2) is 4.68 Å². The van der Waals surface area contributed by atoms with Crippen LogP contribution in [0.2, 0.25) is 0 Å². The number of thiophene rings is 1. The van der Waals surface area contributed by atoms with Crippen molar-refractivity contribution < 1.29 is 4.79 Å². The number of fused-ring (bicyclic) bond motifs is 3. The summed E-state index contributed by atoms with van der Waals surface area (Å²) in [6.07, 6.45) is 2.02. The third kappa shape index (κ3) is 3.92. The zero-order valence-electron chi connectivity index (χ0n) is 16.0. The van der Waals surface area contributed by atoms with Gasteiger partial charge in [0.15, 0.2) is 0 Å². The van der Waals surface area contributed by atoms with Crippen LogP contribution in [0, 0.1) is 0 Å². The Balaban J connectivity index is 0.00000225. The van der Waals surface area contributed by atoms with Gasteiger partial charge in [-0.05, 0) is 31.4 Å². The lowest BCUT2D eigenvalue weighted by molar-refractivity contribution is -0.122. The predicted molar refractivity (Wildman–Crippen MR) is 117 cm³/mol. The molecule has 6 nitrogen and oxygen atoms in total. The standard InChI is InChI=1S/C20H24N4O2S.ClH/c1-12(2)18-17-14-7-3-4-8-15(14)27-19(17)20(26)24(23-18)11-16(25)22-13-6-5-9-21-10-13;/h3-4,7-8,12-13,21H,5-6,9-11H2,1-2H3,(H,22,25);1H/t13-;/m1./s1. The Morgan fingerprint density at radius 3 is 2.89 bits per heavy atom. The van der Waals surface area contributed by atoms with E-state index in [-0.39, 0.29) is 42.4 Å². The van der Waals surface area contributed by atoms with Crippen LogP contribution in [0.25, 0.3) is 20.2 Å². The zero-order valence-corrected chi connectivity index (χ0v) is 17.7. The van der Waals surface area contributed by atoms with Crippen molar-refractivity contribution in [2.75, 3.05) is 13.1 Å². The minimum Gasteiger partial charge on any atom is -0.350 e. The summed E-state index contributed by atoms with van der Waals surface area (Å²) in [4.78, 5) is 25.5. The Hall–Kier alpha value is -1.96. The molecule has 1 aliphatic rings. The molecule has 1 amide bonds. The molecule has 0 spiro atoms. The summed E-state index contributed by atoms with van der Waals surface area (Å²) in [6.45, 7) is 5.86. The molecule has 0 unspecified atom stereocenters. The van der Waals surface area contributed by atoms with Crippen molar-refractivity contribution in [2.45, 2.75) is 45.2 Å². The van der Waals surface area contributed by atoms with Gasteiger partial charge >= 0.3 is 0 Å². The molecule has 1 fully saturated rings. The lowest BCUT2D eigenvalue weighted by Gasteiger charge is -2.23. The molecule has 2 aromatic heterocycles. The lowest BCUT2D eigenvalue weighted by atomic mass is 10.0. The summed E-state index contributed by atoms with van der Waals surface area (Å²) >= 11 is 1.48. The number of hydrogen-bond donors (Lipinski definition) is 2. The van der Waals surface area contributed by atoms with E-state index in [9.17, 15) is 9.59 Å². The molecule has 28 heavy (non-hydrogen) atoms. The Kier molecular flexibility index (Phi) is 6.37. The number of carbonyl (C=O) groups is 1. The highest BCUT2D eigenvalue weighted by molar-refractivity contribution is 7.25. The van der Waals surface area contributed by atoms with Gasteiger partial charge in [-0.3, -0.25) is 9.59 Å². The van der Waals surface area contributed by atoms with E-state index in [4.69, 9.17) is 0 Å². The highest BCUT2D eigenvalue weighted by Crippen LogP contribution is 2.35. The maximum atomic E-state index is 13.0. The van der Waals surface area contributed by atoms with Crippen LogP contribution in [0.4, 0.5) is 0 Å². The van der Waals surface area contributed by atoms with Gasteiger partial charge in [0.05, 0.1) is 5.69 Å². The molecule has 0 aliphatic carbocycles. The molecule has 3 aromatic rings. The van der Waals surface area contributed by atoms with Crippen LogP contribution in [0.5, 0.6) is 0 Å². The van der Waals surface area contributed by atoms with Crippen LogP contribution in [0.1, 0.15) is 38.3 Å². The second-order valence-electron chi connectivity index (χ2n) is 7.42. The van der Waals surface area contributed by atoms with Gasteiger partial charge in [0.1, 0.15) is 11.2 Å². The summed E-state index contributed by atoms with van der Waals surface area (Å²) in [5.41, 5.74) is 0.682. The Bertz CT molecular complexity index is 1050. The molecule has 3 heterocycles. The van der Waals surface area contributed by atoms with E-state index in [0.717, 1.165) is 47.1 Å². The highest BCUT2D eigenvalue weighted by Gasteiger charge is 2.21. The normalized spacial score (nSPS) is 17.0. The minimum atomic E-state index is -0.187. The molecular formula is C20H25ClN4O2S. The van der Waals surface area contributed by atoms with Gasteiger partial charge in [0.25, 0.3) is 5.56 Å². The van der Waals surface area contributed by atoms with E-state index >= 15 is 0 Å². The summed E-state index contributed by atoms with van der Waals surface area (Å²) in [7, 11) is 0. The maximum absolute atomic E-state index is 13.0. The second kappa shape index (κ2) is 8.59. The number of aromatic nitrogens is 2. The van der Waals surface area contributed by atoms with Crippen LogP contribution in [-0.2, 0) is 11.3 Å². The lowest BCUT2D eigenvalue weighted by Crippen LogP contribution is -2.47. The predicted octanol–water partition coefficient (Wildman–Crippen LogP) is 3.02.